The molecule has 2 fully saturated rings. The smallest absolute Gasteiger partial charge is 0.333 e. The molecule has 2 N–H and O–H groups in total. The Labute approximate surface area is 127 Å². The fraction of sp³-hybridized carbons (Fsp3) is 0.833. The summed E-state index contributed by atoms with van der Waals surface area (Å²) in [4.78, 5) is 25.6. The molecule has 0 radical (unpaired) electrons. The molecule has 21 heavy (non-hydrogen) atoms. The molecule has 2 heterocycles. The number of halogens is 4. The average molecular weight is 330 g/mol. The molecule has 2 rings (SSSR count). The topological polar surface area (TPSA) is 66.6 Å². The van der Waals surface area contributed by atoms with E-state index >= 15 is 0 Å². The van der Waals surface area contributed by atoms with Crippen molar-refractivity contribution in [3.63, 3.8) is 0 Å². The number of piperidine rings is 1. The maximum atomic E-state index is 13.0. The van der Waals surface area contributed by atoms with E-state index in [4.69, 9.17) is 5.73 Å². The van der Waals surface area contributed by atoms with E-state index in [1.807, 2.05) is 0 Å². The number of alkyl halides is 3. The molecular weight excluding hydrogens is 311 g/mol. The molecule has 2 unspecified atom stereocenters. The lowest BCUT2D eigenvalue weighted by Gasteiger charge is -2.39. The molecule has 2 aliphatic heterocycles. The summed E-state index contributed by atoms with van der Waals surface area (Å²) in [5, 5.41) is 0. The van der Waals surface area contributed by atoms with E-state index in [0.717, 1.165) is 4.90 Å². The van der Waals surface area contributed by atoms with Crippen molar-refractivity contribution < 1.29 is 22.8 Å². The number of hydrogen-bond acceptors (Lipinski definition) is 3. The van der Waals surface area contributed by atoms with Crippen LogP contribution in [0.5, 0.6) is 0 Å². The first-order valence-electron chi connectivity index (χ1n) is 6.68. The van der Waals surface area contributed by atoms with Crippen LogP contribution in [0.2, 0.25) is 0 Å². The number of hydrogen-bond donors (Lipinski definition) is 1. The highest BCUT2D eigenvalue weighted by Gasteiger charge is 2.47. The van der Waals surface area contributed by atoms with Crippen LogP contribution in [-0.2, 0) is 9.59 Å². The predicted octanol–water partition coefficient (Wildman–Crippen LogP) is 0.911. The highest BCUT2D eigenvalue weighted by Crippen LogP contribution is 2.31. The Kier molecular flexibility index (Phi) is 5.86. The van der Waals surface area contributed by atoms with Gasteiger partial charge in [0.2, 0.25) is 11.8 Å². The zero-order valence-corrected chi connectivity index (χ0v) is 12.3. The number of rotatable bonds is 2. The van der Waals surface area contributed by atoms with Gasteiger partial charge in [0.25, 0.3) is 0 Å². The Bertz CT molecular complexity index is 406. The second kappa shape index (κ2) is 6.83. The van der Waals surface area contributed by atoms with Crippen molar-refractivity contribution in [1.29, 1.82) is 0 Å². The summed E-state index contributed by atoms with van der Waals surface area (Å²) in [7, 11) is 0. The molecule has 0 aromatic rings. The predicted molar refractivity (Wildman–Crippen MR) is 71.8 cm³/mol. The van der Waals surface area contributed by atoms with Crippen molar-refractivity contribution in [2.24, 2.45) is 5.73 Å². The van der Waals surface area contributed by atoms with Gasteiger partial charge in [-0.05, 0) is 19.3 Å². The average Bonchev–Trinajstić information content (AvgIpc) is 2.73. The molecule has 9 heteroatoms. The largest absolute Gasteiger partial charge is 0.408 e. The van der Waals surface area contributed by atoms with Crippen LogP contribution in [0, 0.1) is 0 Å². The van der Waals surface area contributed by atoms with Gasteiger partial charge in [0, 0.05) is 25.6 Å². The molecule has 5 nitrogen and oxygen atoms in total. The number of carbonyl (C=O) groups excluding carboxylic acids is 2. The number of nitrogens with zero attached hydrogens (tertiary/aromatic N) is 2. The minimum Gasteiger partial charge on any atom is -0.333 e. The molecule has 0 aliphatic carbocycles. The monoisotopic (exact) mass is 329 g/mol. The van der Waals surface area contributed by atoms with Gasteiger partial charge in [-0.15, -0.1) is 12.4 Å². The fourth-order valence-corrected chi connectivity index (χ4v) is 2.74. The molecule has 0 bridgehead atoms. The van der Waals surface area contributed by atoms with E-state index in [0.29, 0.717) is 19.4 Å². The fourth-order valence-electron chi connectivity index (χ4n) is 2.74. The standard InChI is InChI=1S/C12H18F3N3O2.ClH/c13-12(14,15)9-4-3-8(16)6-18(9)11(20)7-17-5-1-2-10(17)19;/h8-9H,1-7,16H2;1H. The van der Waals surface area contributed by atoms with Crippen LogP contribution >= 0.6 is 12.4 Å². The lowest BCUT2D eigenvalue weighted by atomic mass is 9.98. The molecule has 0 aromatic heterocycles. The van der Waals surface area contributed by atoms with E-state index in [1.165, 1.54) is 4.90 Å². The normalized spacial score (nSPS) is 26.8. The van der Waals surface area contributed by atoms with Crippen LogP contribution in [0.1, 0.15) is 25.7 Å². The van der Waals surface area contributed by atoms with E-state index < -0.39 is 24.2 Å². The molecule has 2 amide bonds. The second-order valence-corrected chi connectivity index (χ2v) is 5.36. The van der Waals surface area contributed by atoms with Gasteiger partial charge in [-0.2, -0.15) is 13.2 Å². The number of amides is 2. The summed E-state index contributed by atoms with van der Waals surface area (Å²) in [5.74, 6) is -0.846. The lowest BCUT2D eigenvalue weighted by Crippen LogP contribution is -2.58. The van der Waals surface area contributed by atoms with Gasteiger partial charge < -0.3 is 15.5 Å². The molecule has 0 spiro atoms. The van der Waals surface area contributed by atoms with Crippen molar-refractivity contribution >= 4 is 24.2 Å². The van der Waals surface area contributed by atoms with E-state index in [2.05, 4.69) is 0 Å². The Hall–Kier alpha value is -1.02. The van der Waals surface area contributed by atoms with Crippen molar-refractivity contribution in [1.82, 2.24) is 9.80 Å². The van der Waals surface area contributed by atoms with E-state index in [-0.39, 0.29) is 44.2 Å². The lowest BCUT2D eigenvalue weighted by molar-refractivity contribution is -0.197. The SMILES string of the molecule is Cl.NC1CCC(C(F)(F)F)N(C(=O)CN2CCCC2=O)C1. The summed E-state index contributed by atoms with van der Waals surface area (Å²) in [5.41, 5.74) is 5.66. The highest BCUT2D eigenvalue weighted by atomic mass is 35.5. The van der Waals surface area contributed by atoms with Crippen molar-refractivity contribution in [2.45, 2.75) is 43.9 Å². The van der Waals surface area contributed by atoms with Crippen molar-refractivity contribution in [3.05, 3.63) is 0 Å². The number of nitrogens with two attached hydrogens (primary N) is 1. The van der Waals surface area contributed by atoms with Crippen LogP contribution in [0.3, 0.4) is 0 Å². The minimum absolute atomic E-state index is 0. The van der Waals surface area contributed by atoms with Crippen LogP contribution in [0.15, 0.2) is 0 Å². The first-order valence-corrected chi connectivity index (χ1v) is 6.68. The third-order valence-corrected chi connectivity index (χ3v) is 3.81. The number of carbonyl (C=O) groups is 2. The molecule has 2 atom stereocenters. The maximum Gasteiger partial charge on any atom is 0.408 e. The first-order chi connectivity index (χ1) is 9.29. The summed E-state index contributed by atoms with van der Waals surface area (Å²) >= 11 is 0. The van der Waals surface area contributed by atoms with Crippen molar-refractivity contribution in [3.8, 4) is 0 Å². The molecule has 0 saturated carbocycles. The summed E-state index contributed by atoms with van der Waals surface area (Å²) < 4.78 is 38.9. The third-order valence-electron chi connectivity index (χ3n) is 3.81. The molecular formula is C12H19ClF3N3O2. The highest BCUT2D eigenvalue weighted by molar-refractivity contribution is 5.86. The summed E-state index contributed by atoms with van der Waals surface area (Å²) in [6, 6.07) is -2.22. The molecule has 122 valence electrons. The van der Waals surface area contributed by atoms with Gasteiger partial charge in [-0.1, -0.05) is 0 Å². The van der Waals surface area contributed by atoms with Crippen LogP contribution in [0.25, 0.3) is 0 Å². The van der Waals surface area contributed by atoms with Gasteiger partial charge in [0.15, 0.2) is 0 Å². The van der Waals surface area contributed by atoms with Gasteiger partial charge >= 0.3 is 6.18 Å². The Morgan fingerprint density at radius 2 is 2.00 bits per heavy atom. The van der Waals surface area contributed by atoms with Crippen molar-refractivity contribution in [2.75, 3.05) is 19.6 Å². The first kappa shape index (κ1) is 18.0. The summed E-state index contributed by atoms with van der Waals surface area (Å²) in [6.45, 7) is 0.0460. The Balaban J connectivity index is 0.00000220. The molecule has 2 aliphatic rings. The van der Waals surface area contributed by atoms with Gasteiger partial charge in [-0.3, -0.25) is 9.59 Å². The van der Waals surface area contributed by atoms with Crippen LogP contribution < -0.4 is 5.73 Å². The van der Waals surface area contributed by atoms with Gasteiger partial charge in [0.1, 0.15) is 6.04 Å². The van der Waals surface area contributed by atoms with Crippen LogP contribution in [-0.4, -0.2) is 59.5 Å². The van der Waals surface area contributed by atoms with E-state index in [9.17, 15) is 22.8 Å². The number of likely N-dealkylation sites (tertiary alicyclic amines) is 2. The zero-order chi connectivity index (χ0) is 14.9. The maximum absolute atomic E-state index is 13.0. The van der Waals surface area contributed by atoms with E-state index in [1.54, 1.807) is 0 Å². The summed E-state index contributed by atoms with van der Waals surface area (Å²) in [6.07, 6.45) is -3.38. The van der Waals surface area contributed by atoms with Gasteiger partial charge in [-0.25, -0.2) is 0 Å². The van der Waals surface area contributed by atoms with Gasteiger partial charge in [0.05, 0.1) is 6.54 Å². The quantitative estimate of drug-likeness (QED) is 0.819. The third kappa shape index (κ3) is 4.23. The molecule has 2 saturated heterocycles. The second-order valence-electron chi connectivity index (χ2n) is 5.36. The van der Waals surface area contributed by atoms with Crippen LogP contribution in [0.4, 0.5) is 13.2 Å². The zero-order valence-electron chi connectivity index (χ0n) is 11.4. The minimum atomic E-state index is -4.45. The Morgan fingerprint density at radius 1 is 1.33 bits per heavy atom. The Morgan fingerprint density at radius 3 is 2.52 bits per heavy atom. The molecule has 0 aromatic carbocycles.